The highest BCUT2D eigenvalue weighted by atomic mass is 19.4. The molecule has 0 spiro atoms. The van der Waals surface area contributed by atoms with Gasteiger partial charge in [0.25, 0.3) is 5.89 Å². The summed E-state index contributed by atoms with van der Waals surface area (Å²) in [5.41, 5.74) is 0.810. The third-order valence-corrected chi connectivity index (χ3v) is 8.92. The summed E-state index contributed by atoms with van der Waals surface area (Å²) in [5.74, 6) is 1.26. The number of rotatable bonds is 4. The molecule has 2 atom stereocenters. The van der Waals surface area contributed by atoms with Gasteiger partial charge in [0.2, 0.25) is 5.56 Å². The number of ether oxygens (including phenoxy) is 1. The van der Waals surface area contributed by atoms with Gasteiger partial charge < -0.3 is 13.8 Å². The quantitative estimate of drug-likeness (QED) is 0.348. The average molecular weight is 553 g/mol. The molecule has 1 aliphatic heterocycles. The first-order valence-corrected chi connectivity index (χ1v) is 13.3. The van der Waals surface area contributed by atoms with Crippen molar-refractivity contribution in [1.82, 2.24) is 29.7 Å². The van der Waals surface area contributed by atoms with Crippen LogP contribution in [0.1, 0.15) is 72.7 Å². The molecule has 3 aliphatic carbocycles. The summed E-state index contributed by atoms with van der Waals surface area (Å²) in [6.07, 6.45) is -1.40. The van der Waals surface area contributed by atoms with E-state index in [4.69, 9.17) is 24.2 Å². The number of aromatic nitrogens is 6. The molecule has 4 aromatic rings. The standard InChI is InChI=1S/C28H27F3N6O3/c1-14-18(25-33-15(2)36-40-25)9-19-22(26-11-27(12-26,13-26)28(29,30)31)34-23(35-24(19)32-14)16-6-7-39-20(8-16)17-4-5-21(38)37(3)10-17/h4-5,9-10,16,20H,6-8,11-13H2,1-3H3. The van der Waals surface area contributed by atoms with Crippen molar-refractivity contribution in [2.75, 3.05) is 6.61 Å². The Balaban J connectivity index is 1.31. The zero-order chi connectivity index (χ0) is 28.0. The summed E-state index contributed by atoms with van der Waals surface area (Å²) < 4.78 is 54.3. The summed E-state index contributed by atoms with van der Waals surface area (Å²) in [7, 11) is 1.69. The van der Waals surface area contributed by atoms with Crippen LogP contribution >= 0.6 is 0 Å². The van der Waals surface area contributed by atoms with Gasteiger partial charge in [0.1, 0.15) is 5.82 Å². The summed E-state index contributed by atoms with van der Waals surface area (Å²) in [5, 5.41) is 4.50. The van der Waals surface area contributed by atoms with Crippen molar-refractivity contribution >= 4 is 11.0 Å². The smallest absolute Gasteiger partial charge is 0.373 e. The van der Waals surface area contributed by atoms with Gasteiger partial charge in [-0.05, 0) is 63.6 Å². The second-order valence-corrected chi connectivity index (χ2v) is 11.7. The third kappa shape index (κ3) is 3.71. The van der Waals surface area contributed by atoms with E-state index in [0.717, 1.165) is 5.56 Å². The van der Waals surface area contributed by atoms with Crippen LogP contribution in [-0.2, 0) is 17.2 Å². The van der Waals surface area contributed by atoms with Gasteiger partial charge in [-0.1, -0.05) is 5.16 Å². The van der Waals surface area contributed by atoms with Crippen molar-refractivity contribution in [2.24, 2.45) is 12.5 Å². The molecule has 2 unspecified atom stereocenters. The molecule has 0 radical (unpaired) electrons. The molecule has 8 rings (SSSR count). The molecule has 4 aromatic heterocycles. The molecule has 0 amide bonds. The normalized spacial score (nSPS) is 27.9. The Labute approximate surface area is 226 Å². The van der Waals surface area contributed by atoms with Gasteiger partial charge in [-0.25, -0.2) is 15.0 Å². The van der Waals surface area contributed by atoms with E-state index in [-0.39, 0.29) is 36.8 Å². The van der Waals surface area contributed by atoms with E-state index in [2.05, 4.69) is 10.1 Å². The number of hydrogen-bond acceptors (Lipinski definition) is 8. The van der Waals surface area contributed by atoms with E-state index in [0.29, 0.717) is 65.0 Å². The van der Waals surface area contributed by atoms with Gasteiger partial charge in [0.05, 0.1) is 28.5 Å². The Hall–Kier alpha value is -3.67. The van der Waals surface area contributed by atoms with Crippen molar-refractivity contribution in [3.05, 3.63) is 63.3 Å². The van der Waals surface area contributed by atoms with Crippen LogP contribution in [0.4, 0.5) is 13.2 Å². The number of halogens is 3. The second-order valence-electron chi connectivity index (χ2n) is 11.7. The summed E-state index contributed by atoms with van der Waals surface area (Å²) in [6.45, 7) is 4.00. The molecule has 12 heteroatoms. The molecule has 0 N–H and O–H groups in total. The van der Waals surface area contributed by atoms with Crippen molar-refractivity contribution < 1.29 is 22.4 Å². The van der Waals surface area contributed by atoms with Crippen LogP contribution < -0.4 is 5.56 Å². The summed E-state index contributed by atoms with van der Waals surface area (Å²) >= 11 is 0. The fourth-order valence-electron chi connectivity index (χ4n) is 6.78. The average Bonchev–Trinajstić information content (AvgIpc) is 3.28. The fraction of sp³-hybridized carbons (Fsp3) is 0.500. The molecule has 1 saturated heterocycles. The first-order chi connectivity index (χ1) is 19.0. The van der Waals surface area contributed by atoms with E-state index < -0.39 is 17.0 Å². The van der Waals surface area contributed by atoms with Crippen molar-refractivity contribution in [2.45, 2.75) is 69.6 Å². The topological polar surface area (TPSA) is 109 Å². The lowest BCUT2D eigenvalue weighted by atomic mass is 9.33. The maximum Gasteiger partial charge on any atom is 0.394 e. The molecule has 40 heavy (non-hydrogen) atoms. The van der Waals surface area contributed by atoms with Gasteiger partial charge >= 0.3 is 6.18 Å². The van der Waals surface area contributed by atoms with Crippen LogP contribution in [0.25, 0.3) is 22.5 Å². The predicted molar refractivity (Wildman–Crippen MR) is 136 cm³/mol. The Morgan fingerprint density at radius 1 is 1.07 bits per heavy atom. The highest BCUT2D eigenvalue weighted by molar-refractivity contribution is 5.84. The first-order valence-electron chi connectivity index (χ1n) is 13.3. The second kappa shape index (κ2) is 8.42. The minimum Gasteiger partial charge on any atom is -0.373 e. The molecule has 4 aliphatic rings. The fourth-order valence-corrected chi connectivity index (χ4v) is 6.78. The predicted octanol–water partition coefficient (Wildman–Crippen LogP) is 5.01. The largest absolute Gasteiger partial charge is 0.394 e. The van der Waals surface area contributed by atoms with Crippen LogP contribution in [0.5, 0.6) is 0 Å². The molecule has 2 bridgehead atoms. The van der Waals surface area contributed by atoms with Gasteiger partial charge in [-0.15, -0.1) is 0 Å². The van der Waals surface area contributed by atoms with Crippen molar-refractivity contribution in [1.29, 1.82) is 0 Å². The lowest BCUT2D eigenvalue weighted by molar-refractivity contribution is -0.337. The highest BCUT2D eigenvalue weighted by Gasteiger charge is 2.79. The Bertz CT molecular complexity index is 1710. The Morgan fingerprint density at radius 3 is 2.52 bits per heavy atom. The van der Waals surface area contributed by atoms with Crippen LogP contribution in [0.2, 0.25) is 0 Å². The Morgan fingerprint density at radius 2 is 1.85 bits per heavy atom. The van der Waals surface area contributed by atoms with E-state index >= 15 is 0 Å². The minimum absolute atomic E-state index is 0.0202. The maximum absolute atomic E-state index is 13.8. The maximum atomic E-state index is 13.8. The number of aryl methyl sites for hydroxylation is 3. The number of fused-ring (bicyclic) bond motifs is 1. The van der Waals surface area contributed by atoms with Gasteiger partial charge in [0.15, 0.2) is 11.5 Å². The van der Waals surface area contributed by atoms with E-state index in [9.17, 15) is 18.0 Å². The van der Waals surface area contributed by atoms with Gasteiger partial charge in [-0.3, -0.25) is 4.79 Å². The molecular weight excluding hydrogens is 525 g/mol. The first kappa shape index (κ1) is 25.3. The minimum atomic E-state index is -4.23. The Kier molecular flexibility index (Phi) is 5.33. The molecule has 5 heterocycles. The number of hydrogen-bond donors (Lipinski definition) is 0. The van der Waals surface area contributed by atoms with E-state index in [1.54, 1.807) is 26.2 Å². The molecule has 0 aromatic carbocycles. The van der Waals surface area contributed by atoms with Crippen molar-refractivity contribution in [3.8, 4) is 11.5 Å². The number of nitrogens with zero attached hydrogens (tertiary/aromatic N) is 6. The van der Waals surface area contributed by atoms with Crippen molar-refractivity contribution in [3.63, 3.8) is 0 Å². The van der Waals surface area contributed by atoms with Crippen LogP contribution in [0, 0.1) is 19.3 Å². The van der Waals surface area contributed by atoms with Gasteiger partial charge in [0, 0.05) is 42.6 Å². The van der Waals surface area contributed by atoms with E-state index in [1.807, 2.05) is 13.0 Å². The van der Waals surface area contributed by atoms with Gasteiger partial charge in [-0.2, -0.15) is 18.2 Å². The zero-order valence-electron chi connectivity index (χ0n) is 22.2. The van der Waals surface area contributed by atoms with Crippen LogP contribution in [-0.4, -0.2) is 42.4 Å². The van der Waals surface area contributed by atoms with Crippen LogP contribution in [0.15, 0.2) is 33.7 Å². The molecule has 3 saturated carbocycles. The monoisotopic (exact) mass is 552 g/mol. The molecular formula is C28H27F3N6O3. The molecule has 4 fully saturated rings. The molecule has 208 valence electrons. The molecule has 9 nitrogen and oxygen atoms in total. The summed E-state index contributed by atoms with van der Waals surface area (Å²) in [4.78, 5) is 30.8. The van der Waals surface area contributed by atoms with Crippen LogP contribution in [0.3, 0.4) is 0 Å². The number of pyridine rings is 2. The third-order valence-electron chi connectivity index (χ3n) is 8.92. The number of alkyl halides is 3. The lowest BCUT2D eigenvalue weighted by Crippen LogP contribution is -2.70. The summed E-state index contributed by atoms with van der Waals surface area (Å²) in [6, 6.07) is 5.12. The highest BCUT2D eigenvalue weighted by Crippen LogP contribution is 2.78. The SMILES string of the molecule is Cc1noc(-c2cc3c(C45CC(C(F)(F)F)(C4)C5)nc(C4CCOC(c5ccc(=O)n(C)c5)C4)nc3nc2C)n1. The zero-order valence-corrected chi connectivity index (χ0v) is 22.2. The van der Waals surface area contributed by atoms with E-state index in [1.165, 1.54) is 10.6 Å². The lowest BCUT2D eigenvalue weighted by Gasteiger charge is -2.70.